The first-order valence-electron chi connectivity index (χ1n) is 8.17. The van der Waals surface area contributed by atoms with E-state index in [0.29, 0.717) is 12.2 Å². The van der Waals surface area contributed by atoms with Gasteiger partial charge in [-0.05, 0) is 51.3 Å². The lowest BCUT2D eigenvalue weighted by Crippen LogP contribution is -2.05. The summed E-state index contributed by atoms with van der Waals surface area (Å²) in [5, 5.41) is 2.37. The Kier molecular flexibility index (Phi) is 4.20. The van der Waals surface area contributed by atoms with Crippen molar-refractivity contribution in [2.45, 2.75) is 13.5 Å². The fourth-order valence-electron chi connectivity index (χ4n) is 3.11. The smallest absolute Gasteiger partial charge is 0.356 e. The predicted octanol–water partition coefficient (Wildman–Crippen LogP) is 4.49. The Morgan fingerprint density at radius 2 is 1.92 bits per heavy atom. The summed E-state index contributed by atoms with van der Waals surface area (Å²) in [6.07, 6.45) is 0. The van der Waals surface area contributed by atoms with Crippen molar-refractivity contribution in [3.05, 3.63) is 70.1 Å². The van der Waals surface area contributed by atoms with Crippen LogP contribution in [-0.4, -0.2) is 27.6 Å². The van der Waals surface area contributed by atoms with E-state index in [-0.39, 0.29) is 5.69 Å². The number of carbonyl (C=O) groups is 1. The van der Waals surface area contributed by atoms with Gasteiger partial charge in [-0.1, -0.05) is 36.4 Å². The molecule has 0 bridgehead atoms. The molecule has 0 radical (unpaired) electrons. The van der Waals surface area contributed by atoms with E-state index in [2.05, 4.69) is 54.7 Å². The number of halogens is 1. The molecule has 0 aliphatic heterocycles. The number of ether oxygens (including phenoxy) is 1. The highest BCUT2D eigenvalue weighted by atomic mass is 79.9. The maximum atomic E-state index is 11.7. The molecule has 0 fully saturated rings. The standard InChI is InChI=1S/C20H16BrN3O2/c1-12-22-19-17(10-9-16(23-19)20(25)26-2)24(12)11-14-8-7-13-5-3-4-6-15(13)18(14)21/h3-10H,11H2,1-2H3. The number of esters is 1. The molecule has 0 unspecified atom stereocenters. The summed E-state index contributed by atoms with van der Waals surface area (Å²) in [5.74, 6) is 0.381. The van der Waals surface area contributed by atoms with Gasteiger partial charge in [0.1, 0.15) is 5.82 Å². The Bertz CT molecular complexity index is 1150. The molecule has 0 aliphatic carbocycles. The maximum absolute atomic E-state index is 11.7. The Labute approximate surface area is 158 Å². The zero-order valence-electron chi connectivity index (χ0n) is 14.4. The van der Waals surface area contributed by atoms with Crippen molar-refractivity contribution in [1.29, 1.82) is 0 Å². The topological polar surface area (TPSA) is 57.0 Å². The van der Waals surface area contributed by atoms with E-state index < -0.39 is 5.97 Å². The van der Waals surface area contributed by atoms with Crippen LogP contribution in [0.3, 0.4) is 0 Å². The molecule has 0 N–H and O–H groups in total. The van der Waals surface area contributed by atoms with Crippen LogP contribution in [0.5, 0.6) is 0 Å². The fraction of sp³-hybridized carbons (Fsp3) is 0.150. The SMILES string of the molecule is COC(=O)c1ccc2c(n1)nc(C)n2Cc1ccc2ccccc2c1Br. The van der Waals surface area contributed by atoms with Crippen molar-refractivity contribution >= 4 is 43.8 Å². The average molecular weight is 410 g/mol. The molecule has 130 valence electrons. The van der Waals surface area contributed by atoms with Crippen molar-refractivity contribution in [2.75, 3.05) is 7.11 Å². The molecule has 4 rings (SSSR count). The van der Waals surface area contributed by atoms with Gasteiger partial charge in [0.05, 0.1) is 19.2 Å². The second kappa shape index (κ2) is 6.53. The number of imidazole rings is 1. The van der Waals surface area contributed by atoms with E-state index in [1.54, 1.807) is 6.07 Å². The number of methoxy groups -OCH3 is 1. The molecule has 0 spiro atoms. The molecule has 2 heterocycles. The van der Waals surface area contributed by atoms with Crippen LogP contribution in [-0.2, 0) is 11.3 Å². The molecule has 0 aliphatic rings. The van der Waals surface area contributed by atoms with Crippen LogP contribution < -0.4 is 0 Å². The summed E-state index contributed by atoms with van der Waals surface area (Å²) >= 11 is 3.75. The van der Waals surface area contributed by atoms with Crippen molar-refractivity contribution in [2.24, 2.45) is 0 Å². The highest BCUT2D eigenvalue weighted by molar-refractivity contribution is 9.10. The first-order chi connectivity index (χ1) is 12.6. The molecular weight excluding hydrogens is 394 g/mol. The lowest BCUT2D eigenvalue weighted by molar-refractivity contribution is 0.0594. The number of aromatic nitrogens is 3. The van der Waals surface area contributed by atoms with Crippen LogP contribution in [0.25, 0.3) is 21.9 Å². The third-order valence-electron chi connectivity index (χ3n) is 4.47. The Balaban J connectivity index is 1.79. The van der Waals surface area contributed by atoms with E-state index >= 15 is 0 Å². The Morgan fingerprint density at radius 1 is 1.12 bits per heavy atom. The van der Waals surface area contributed by atoms with E-state index in [9.17, 15) is 4.79 Å². The molecule has 26 heavy (non-hydrogen) atoms. The summed E-state index contributed by atoms with van der Waals surface area (Å²) in [6, 6.07) is 16.0. The molecule has 0 saturated heterocycles. The molecule has 5 nitrogen and oxygen atoms in total. The van der Waals surface area contributed by atoms with Gasteiger partial charge in [-0.15, -0.1) is 0 Å². The van der Waals surface area contributed by atoms with Crippen LogP contribution >= 0.6 is 15.9 Å². The molecular formula is C20H16BrN3O2. The second-order valence-electron chi connectivity index (χ2n) is 6.04. The number of fused-ring (bicyclic) bond motifs is 2. The number of benzene rings is 2. The summed E-state index contributed by atoms with van der Waals surface area (Å²) < 4.78 is 7.91. The first-order valence-corrected chi connectivity index (χ1v) is 8.96. The Hall–Kier alpha value is -2.73. The van der Waals surface area contributed by atoms with Gasteiger partial charge >= 0.3 is 5.97 Å². The number of hydrogen-bond acceptors (Lipinski definition) is 4. The van der Waals surface area contributed by atoms with Gasteiger partial charge in [-0.2, -0.15) is 0 Å². The normalized spacial score (nSPS) is 11.2. The van der Waals surface area contributed by atoms with Crippen molar-refractivity contribution < 1.29 is 9.53 Å². The van der Waals surface area contributed by atoms with Crippen molar-refractivity contribution in [3.8, 4) is 0 Å². The molecule has 6 heteroatoms. The first kappa shape index (κ1) is 16.7. The van der Waals surface area contributed by atoms with Gasteiger partial charge in [0, 0.05) is 4.47 Å². The summed E-state index contributed by atoms with van der Waals surface area (Å²) in [5.41, 5.74) is 2.84. The average Bonchev–Trinajstić information content (AvgIpc) is 2.98. The number of nitrogens with zero attached hydrogens (tertiary/aromatic N) is 3. The van der Waals surface area contributed by atoms with E-state index in [4.69, 9.17) is 4.74 Å². The zero-order chi connectivity index (χ0) is 18.3. The summed E-state index contributed by atoms with van der Waals surface area (Å²) in [4.78, 5) is 20.5. The van der Waals surface area contributed by atoms with Crippen molar-refractivity contribution in [1.82, 2.24) is 14.5 Å². The Morgan fingerprint density at radius 3 is 2.73 bits per heavy atom. The number of aryl methyl sites for hydroxylation is 1. The van der Waals surface area contributed by atoms with Gasteiger partial charge in [0.2, 0.25) is 0 Å². The lowest BCUT2D eigenvalue weighted by atomic mass is 10.1. The molecule has 2 aromatic heterocycles. The monoisotopic (exact) mass is 409 g/mol. The van der Waals surface area contributed by atoms with E-state index in [1.807, 2.05) is 25.1 Å². The molecule has 2 aromatic carbocycles. The summed E-state index contributed by atoms with van der Waals surface area (Å²) in [6.45, 7) is 2.60. The van der Waals surface area contributed by atoms with Crippen LogP contribution in [0.1, 0.15) is 21.9 Å². The quantitative estimate of drug-likeness (QED) is 0.467. The minimum atomic E-state index is -0.462. The summed E-state index contributed by atoms with van der Waals surface area (Å²) in [7, 11) is 1.34. The number of hydrogen-bond donors (Lipinski definition) is 0. The van der Waals surface area contributed by atoms with Crippen LogP contribution in [0.2, 0.25) is 0 Å². The van der Waals surface area contributed by atoms with Gasteiger partial charge < -0.3 is 9.30 Å². The number of rotatable bonds is 3. The highest BCUT2D eigenvalue weighted by Crippen LogP contribution is 2.29. The largest absolute Gasteiger partial charge is 0.464 e. The van der Waals surface area contributed by atoms with E-state index in [1.165, 1.54) is 17.9 Å². The predicted molar refractivity (Wildman–Crippen MR) is 104 cm³/mol. The van der Waals surface area contributed by atoms with Gasteiger partial charge in [0.15, 0.2) is 11.3 Å². The third kappa shape index (κ3) is 2.76. The maximum Gasteiger partial charge on any atom is 0.356 e. The third-order valence-corrected chi connectivity index (χ3v) is 5.41. The molecule has 0 amide bonds. The molecule has 4 aromatic rings. The fourth-order valence-corrected chi connectivity index (χ4v) is 3.73. The second-order valence-corrected chi connectivity index (χ2v) is 6.83. The van der Waals surface area contributed by atoms with Crippen LogP contribution in [0, 0.1) is 6.92 Å². The van der Waals surface area contributed by atoms with Gasteiger partial charge in [0.25, 0.3) is 0 Å². The van der Waals surface area contributed by atoms with Crippen molar-refractivity contribution in [3.63, 3.8) is 0 Å². The molecule has 0 atom stereocenters. The van der Waals surface area contributed by atoms with Gasteiger partial charge in [-0.25, -0.2) is 14.8 Å². The molecule has 0 saturated carbocycles. The van der Waals surface area contributed by atoms with Crippen LogP contribution in [0.4, 0.5) is 0 Å². The van der Waals surface area contributed by atoms with Crippen LogP contribution in [0.15, 0.2) is 53.0 Å². The van der Waals surface area contributed by atoms with E-state index in [0.717, 1.165) is 21.4 Å². The zero-order valence-corrected chi connectivity index (χ0v) is 15.9. The van der Waals surface area contributed by atoms with Gasteiger partial charge in [-0.3, -0.25) is 0 Å². The number of carbonyl (C=O) groups excluding carboxylic acids is 1. The minimum absolute atomic E-state index is 0.261. The highest BCUT2D eigenvalue weighted by Gasteiger charge is 2.15. The minimum Gasteiger partial charge on any atom is -0.464 e. The number of pyridine rings is 1. The lowest BCUT2D eigenvalue weighted by Gasteiger charge is -2.11.